The Bertz CT molecular complexity index is 330. The summed E-state index contributed by atoms with van der Waals surface area (Å²) in [5.74, 6) is -0.190. The molecule has 1 amide bonds. The number of nitrogens with one attached hydrogen (secondary N) is 1. The van der Waals surface area contributed by atoms with Crippen molar-refractivity contribution < 1.29 is 19.1 Å². The lowest BCUT2D eigenvalue weighted by Crippen LogP contribution is -2.35. The molecule has 90 valence electrons. The maximum Gasteiger partial charge on any atom is 0.408 e. The fraction of sp³-hybridized carbons (Fsp3) is 0.700. The van der Waals surface area contributed by atoms with Crippen molar-refractivity contribution in [3.63, 3.8) is 0 Å². The average Bonchev–Trinajstić information content (AvgIpc) is 2.40. The number of hydrogen-bond donors (Lipinski definition) is 1. The first-order valence-corrected chi connectivity index (χ1v) is 5.03. The molecule has 0 unspecified atom stereocenters. The fourth-order valence-electron chi connectivity index (χ4n) is 1.04. The molecule has 1 aliphatic heterocycles. The van der Waals surface area contributed by atoms with Crippen LogP contribution in [0.3, 0.4) is 0 Å². The van der Waals surface area contributed by atoms with Gasteiger partial charge in [0.25, 0.3) is 0 Å². The van der Waals surface area contributed by atoms with E-state index in [0.29, 0.717) is 0 Å². The van der Waals surface area contributed by atoms with Crippen molar-refractivity contribution in [1.82, 2.24) is 5.32 Å². The first-order valence-electron chi connectivity index (χ1n) is 5.03. The zero-order valence-corrected chi connectivity index (χ0v) is 9.86. The number of alkyl carbamates (subject to hydrolysis) is 1. The highest BCUT2D eigenvalue weighted by Gasteiger charge is 2.25. The van der Waals surface area contributed by atoms with Crippen LogP contribution in [0.5, 0.6) is 0 Å². The minimum atomic E-state index is -0.564. The van der Waals surface area contributed by atoms with E-state index >= 15 is 0 Å². The lowest BCUT2D eigenvalue weighted by Gasteiger charge is -2.19. The smallest absolute Gasteiger partial charge is 0.408 e. The number of ether oxygens (including phenoxy) is 2. The number of amides is 1. The van der Waals surface area contributed by atoms with Gasteiger partial charge in [0.2, 0.25) is 5.90 Å². The molecule has 1 heterocycles. The van der Waals surface area contributed by atoms with E-state index < -0.39 is 23.7 Å². The average molecular weight is 228 g/mol. The number of nitrogens with zero attached hydrogens (tertiary/aromatic N) is 1. The lowest BCUT2D eigenvalue weighted by atomic mass is 10.2. The summed E-state index contributed by atoms with van der Waals surface area (Å²) < 4.78 is 9.80. The monoisotopic (exact) mass is 228 g/mol. The summed E-state index contributed by atoms with van der Waals surface area (Å²) in [6.45, 7) is 6.99. The molecule has 1 aliphatic rings. The van der Waals surface area contributed by atoms with Crippen LogP contribution in [0.4, 0.5) is 4.79 Å². The number of aliphatic imine (C=N–C) groups is 1. The van der Waals surface area contributed by atoms with Gasteiger partial charge in [-0.3, -0.25) is 0 Å². The molecule has 6 nitrogen and oxygen atoms in total. The minimum Gasteiger partial charge on any atom is -0.444 e. The van der Waals surface area contributed by atoms with Gasteiger partial charge in [0, 0.05) is 0 Å². The number of carbonyl (C=O) groups excluding carboxylic acids is 2. The van der Waals surface area contributed by atoms with E-state index in [2.05, 4.69) is 10.3 Å². The summed E-state index contributed by atoms with van der Waals surface area (Å²) in [7, 11) is 0. The maximum atomic E-state index is 11.2. The Kier molecular flexibility index (Phi) is 3.51. The van der Waals surface area contributed by atoms with Crippen LogP contribution in [0.2, 0.25) is 0 Å². The zero-order valence-electron chi connectivity index (χ0n) is 9.86. The summed E-state index contributed by atoms with van der Waals surface area (Å²) >= 11 is 0. The topological polar surface area (TPSA) is 77.0 Å². The van der Waals surface area contributed by atoms with Gasteiger partial charge in [-0.15, -0.1) is 0 Å². The third kappa shape index (κ3) is 3.88. The first kappa shape index (κ1) is 12.5. The summed E-state index contributed by atoms with van der Waals surface area (Å²) in [5, 5.41) is 2.45. The van der Waals surface area contributed by atoms with Crippen LogP contribution in [0, 0.1) is 0 Å². The van der Waals surface area contributed by atoms with Crippen molar-refractivity contribution in [3.8, 4) is 0 Å². The number of cyclic esters (lactones) is 1. The summed E-state index contributed by atoms with van der Waals surface area (Å²) in [6.07, 6.45) is -0.564. The zero-order chi connectivity index (χ0) is 12.3. The van der Waals surface area contributed by atoms with Crippen LogP contribution in [-0.4, -0.2) is 36.1 Å². The molecule has 0 radical (unpaired) electrons. The van der Waals surface area contributed by atoms with Crippen LogP contribution in [0.15, 0.2) is 4.99 Å². The van der Waals surface area contributed by atoms with Crippen LogP contribution < -0.4 is 5.32 Å². The third-order valence-corrected chi connectivity index (χ3v) is 1.68. The highest BCUT2D eigenvalue weighted by molar-refractivity contribution is 5.98. The van der Waals surface area contributed by atoms with E-state index in [1.807, 2.05) is 0 Å². The Labute approximate surface area is 94.0 Å². The van der Waals surface area contributed by atoms with E-state index in [0.717, 1.165) is 0 Å². The molecule has 1 N–H and O–H groups in total. The van der Waals surface area contributed by atoms with Crippen LogP contribution in [0.1, 0.15) is 27.7 Å². The second-order valence-corrected chi connectivity index (χ2v) is 4.48. The van der Waals surface area contributed by atoms with Gasteiger partial charge in [-0.25, -0.2) is 14.6 Å². The van der Waals surface area contributed by atoms with Crippen molar-refractivity contribution in [1.29, 1.82) is 0 Å². The van der Waals surface area contributed by atoms with Gasteiger partial charge >= 0.3 is 12.1 Å². The third-order valence-electron chi connectivity index (χ3n) is 1.68. The fourth-order valence-corrected chi connectivity index (χ4v) is 1.04. The summed E-state index contributed by atoms with van der Waals surface area (Å²) in [6, 6.07) is -0.490. The predicted octanol–water partition coefficient (Wildman–Crippen LogP) is 0.855. The standard InChI is InChI=1S/C10H16N2O4/c1-6-8(13)15-7(12-6)5-11-9(14)16-10(2,3)4/h6H,5H2,1-4H3,(H,11,14)/t6-/m0/s1. The molecule has 0 aromatic heterocycles. The molecule has 0 bridgehead atoms. The Morgan fingerprint density at radius 1 is 1.56 bits per heavy atom. The lowest BCUT2D eigenvalue weighted by molar-refractivity contribution is -0.134. The quantitative estimate of drug-likeness (QED) is 0.711. The highest BCUT2D eigenvalue weighted by atomic mass is 16.6. The molecule has 0 spiro atoms. The maximum absolute atomic E-state index is 11.2. The van der Waals surface area contributed by atoms with Crippen molar-refractivity contribution >= 4 is 18.0 Å². The number of carbonyl (C=O) groups is 2. The molecule has 0 saturated carbocycles. The normalized spacial score (nSPS) is 20.1. The number of esters is 1. The van der Waals surface area contributed by atoms with E-state index in [4.69, 9.17) is 9.47 Å². The van der Waals surface area contributed by atoms with E-state index in [1.54, 1.807) is 27.7 Å². The largest absolute Gasteiger partial charge is 0.444 e. The van der Waals surface area contributed by atoms with E-state index in [9.17, 15) is 9.59 Å². The van der Waals surface area contributed by atoms with Gasteiger partial charge in [-0.1, -0.05) is 0 Å². The molecule has 0 saturated heterocycles. The van der Waals surface area contributed by atoms with E-state index in [1.165, 1.54) is 0 Å². The molecule has 0 aromatic rings. The van der Waals surface area contributed by atoms with Crippen molar-refractivity contribution in [2.45, 2.75) is 39.3 Å². The molecular formula is C10H16N2O4. The van der Waals surface area contributed by atoms with Crippen LogP contribution >= 0.6 is 0 Å². The van der Waals surface area contributed by atoms with Gasteiger partial charge in [0.05, 0.1) is 6.54 Å². The summed E-state index contributed by atoms with van der Waals surface area (Å²) in [4.78, 5) is 26.1. The molecule has 1 rings (SSSR count). The van der Waals surface area contributed by atoms with Gasteiger partial charge in [-0.2, -0.15) is 0 Å². The molecule has 0 fully saturated rings. The Morgan fingerprint density at radius 2 is 2.19 bits per heavy atom. The highest BCUT2D eigenvalue weighted by Crippen LogP contribution is 2.07. The Morgan fingerprint density at radius 3 is 2.62 bits per heavy atom. The summed E-state index contributed by atoms with van der Waals surface area (Å²) in [5.41, 5.74) is -0.550. The Hall–Kier alpha value is -1.59. The second kappa shape index (κ2) is 4.51. The second-order valence-electron chi connectivity index (χ2n) is 4.48. The van der Waals surface area contributed by atoms with Gasteiger partial charge < -0.3 is 14.8 Å². The molecule has 0 aliphatic carbocycles. The van der Waals surface area contributed by atoms with Gasteiger partial charge in [0.1, 0.15) is 11.6 Å². The van der Waals surface area contributed by atoms with Gasteiger partial charge in [-0.05, 0) is 27.7 Å². The molecule has 6 heteroatoms. The van der Waals surface area contributed by atoms with Crippen molar-refractivity contribution in [2.75, 3.05) is 6.54 Å². The molecule has 0 aromatic carbocycles. The van der Waals surface area contributed by atoms with Gasteiger partial charge in [0.15, 0.2) is 0 Å². The molecular weight excluding hydrogens is 212 g/mol. The van der Waals surface area contributed by atoms with E-state index in [-0.39, 0.29) is 12.4 Å². The van der Waals surface area contributed by atoms with Crippen molar-refractivity contribution in [3.05, 3.63) is 0 Å². The SMILES string of the molecule is C[C@@H]1N=C(CNC(=O)OC(C)(C)C)OC1=O. The molecule has 16 heavy (non-hydrogen) atoms. The minimum absolute atomic E-state index is 0.0605. The van der Waals surface area contributed by atoms with Crippen LogP contribution in [-0.2, 0) is 14.3 Å². The first-order chi connectivity index (χ1) is 7.28. The number of rotatable bonds is 2. The van der Waals surface area contributed by atoms with Crippen LogP contribution in [0.25, 0.3) is 0 Å². The number of hydrogen-bond acceptors (Lipinski definition) is 5. The Balaban J connectivity index is 2.34. The molecule has 1 atom stereocenters. The van der Waals surface area contributed by atoms with Crippen molar-refractivity contribution in [2.24, 2.45) is 4.99 Å². The predicted molar refractivity (Wildman–Crippen MR) is 57.2 cm³/mol.